The van der Waals surface area contributed by atoms with Gasteiger partial charge in [0.15, 0.2) is 10.8 Å². The molecule has 0 aliphatic carbocycles. The van der Waals surface area contributed by atoms with Crippen LogP contribution in [0.2, 0.25) is 0 Å². The fourth-order valence-corrected chi connectivity index (χ4v) is 3.73. The summed E-state index contributed by atoms with van der Waals surface area (Å²) in [5, 5.41) is 0.956. The quantitative estimate of drug-likeness (QED) is 0.800. The maximum atomic E-state index is 11.9. The summed E-state index contributed by atoms with van der Waals surface area (Å²) in [4.78, 5) is 22.2. The number of thiazole rings is 1. The van der Waals surface area contributed by atoms with E-state index in [1.165, 1.54) is 0 Å². The van der Waals surface area contributed by atoms with Gasteiger partial charge in [-0.05, 0) is 40.3 Å². The minimum atomic E-state index is -0.308. The van der Waals surface area contributed by atoms with Gasteiger partial charge in [-0.2, -0.15) is 0 Å². The fourth-order valence-electron chi connectivity index (χ4n) is 2.74. The van der Waals surface area contributed by atoms with Gasteiger partial charge < -0.3 is 14.5 Å². The molecule has 1 unspecified atom stereocenters. The highest BCUT2D eigenvalue weighted by Crippen LogP contribution is 2.29. The Bertz CT molecular complexity index is 489. The zero-order valence-electron chi connectivity index (χ0n) is 13.4. The Kier molecular flexibility index (Phi) is 5.58. The van der Waals surface area contributed by atoms with Crippen LogP contribution >= 0.6 is 11.3 Å². The number of carbonyl (C=O) groups is 1. The lowest BCUT2D eigenvalue weighted by Crippen LogP contribution is -2.39. The summed E-state index contributed by atoms with van der Waals surface area (Å²) in [5.74, 6) is -0.308. The summed E-state index contributed by atoms with van der Waals surface area (Å²) >= 11 is 1.60. The normalized spacial score (nSPS) is 20.4. The number of carbonyl (C=O) groups excluding carboxylic acids is 1. The Balaban J connectivity index is 2.23. The Morgan fingerprint density at radius 2 is 2.19 bits per heavy atom. The maximum absolute atomic E-state index is 11.9. The smallest absolute Gasteiger partial charge is 0.358 e. The maximum Gasteiger partial charge on any atom is 0.358 e. The average Bonchev–Trinajstić information content (AvgIpc) is 2.72. The number of aromatic nitrogens is 1. The lowest BCUT2D eigenvalue weighted by atomic mass is 10.2. The molecule has 1 fully saturated rings. The number of likely N-dealkylation sites (N-methyl/N-ethyl adjacent to an activating group) is 1. The van der Waals surface area contributed by atoms with Crippen LogP contribution in [0.3, 0.4) is 0 Å². The van der Waals surface area contributed by atoms with Crippen LogP contribution in [0.25, 0.3) is 0 Å². The third-order valence-corrected chi connectivity index (χ3v) is 4.88. The number of esters is 1. The number of anilines is 1. The number of aryl methyl sites for hydroxylation is 1. The van der Waals surface area contributed by atoms with Crippen molar-refractivity contribution in [3.63, 3.8) is 0 Å². The number of hydrogen-bond acceptors (Lipinski definition) is 6. The zero-order valence-corrected chi connectivity index (χ0v) is 14.2. The molecule has 118 valence electrons. The molecule has 6 heteroatoms. The fraction of sp³-hybridized carbons (Fsp3) is 0.733. The van der Waals surface area contributed by atoms with Gasteiger partial charge >= 0.3 is 5.97 Å². The number of hydrogen-bond donors (Lipinski definition) is 0. The molecule has 0 saturated carbocycles. The minimum absolute atomic E-state index is 0.308. The second-order valence-electron chi connectivity index (χ2n) is 5.49. The Morgan fingerprint density at radius 1 is 1.43 bits per heavy atom. The molecule has 0 spiro atoms. The summed E-state index contributed by atoms with van der Waals surface area (Å²) in [5.41, 5.74) is 0.476. The summed E-state index contributed by atoms with van der Waals surface area (Å²) in [7, 11) is 2.17. The van der Waals surface area contributed by atoms with E-state index in [2.05, 4.69) is 28.8 Å². The minimum Gasteiger partial charge on any atom is -0.461 e. The van der Waals surface area contributed by atoms with Gasteiger partial charge in [0.25, 0.3) is 0 Å². The van der Waals surface area contributed by atoms with E-state index in [1.54, 1.807) is 11.3 Å². The van der Waals surface area contributed by atoms with Gasteiger partial charge in [0.2, 0.25) is 0 Å². The number of ether oxygens (including phenoxy) is 1. The first kappa shape index (κ1) is 16.2. The van der Waals surface area contributed by atoms with Gasteiger partial charge in [0.05, 0.1) is 6.61 Å². The topological polar surface area (TPSA) is 45.7 Å². The van der Waals surface area contributed by atoms with Crippen molar-refractivity contribution in [1.82, 2.24) is 9.88 Å². The van der Waals surface area contributed by atoms with E-state index in [-0.39, 0.29) is 5.97 Å². The first-order valence-electron chi connectivity index (χ1n) is 7.66. The van der Waals surface area contributed by atoms with E-state index in [4.69, 9.17) is 4.74 Å². The largest absolute Gasteiger partial charge is 0.461 e. The Morgan fingerprint density at radius 3 is 2.86 bits per heavy atom. The molecule has 0 bridgehead atoms. The molecular weight excluding hydrogens is 286 g/mol. The van der Waals surface area contributed by atoms with Crippen LogP contribution < -0.4 is 4.90 Å². The Hall–Kier alpha value is -1.14. The van der Waals surface area contributed by atoms with E-state index in [1.807, 2.05) is 13.8 Å². The number of nitrogens with zero attached hydrogens (tertiary/aromatic N) is 3. The van der Waals surface area contributed by atoms with Crippen molar-refractivity contribution in [2.24, 2.45) is 0 Å². The molecule has 1 aliphatic heterocycles. The van der Waals surface area contributed by atoms with Crippen molar-refractivity contribution in [2.75, 3.05) is 38.2 Å². The third kappa shape index (κ3) is 3.74. The van der Waals surface area contributed by atoms with E-state index in [9.17, 15) is 4.79 Å². The molecule has 2 rings (SSSR count). The molecule has 1 aromatic heterocycles. The highest BCUT2D eigenvalue weighted by molar-refractivity contribution is 7.15. The predicted molar refractivity (Wildman–Crippen MR) is 86.3 cm³/mol. The standard InChI is InChI=1S/C15H25N3O2S/c1-5-12-10-17(4)8-7-9-18(12)15-16-13(11(3)21-15)14(19)20-6-2/h12H,5-10H2,1-4H3. The van der Waals surface area contributed by atoms with Crippen LogP contribution in [0.5, 0.6) is 0 Å². The van der Waals surface area contributed by atoms with Crippen molar-refractivity contribution >= 4 is 22.4 Å². The van der Waals surface area contributed by atoms with Gasteiger partial charge in [0.1, 0.15) is 0 Å². The van der Waals surface area contributed by atoms with E-state index in [0.29, 0.717) is 18.3 Å². The van der Waals surface area contributed by atoms with Crippen molar-refractivity contribution in [2.45, 2.75) is 39.7 Å². The average molecular weight is 311 g/mol. The van der Waals surface area contributed by atoms with Crippen LogP contribution in [-0.2, 0) is 4.74 Å². The van der Waals surface area contributed by atoms with Gasteiger partial charge in [-0.15, -0.1) is 11.3 Å². The molecule has 1 aliphatic rings. The van der Waals surface area contributed by atoms with Crippen LogP contribution in [0.4, 0.5) is 5.13 Å². The lowest BCUT2D eigenvalue weighted by Gasteiger charge is -2.29. The van der Waals surface area contributed by atoms with Gasteiger partial charge in [-0.3, -0.25) is 0 Å². The number of rotatable bonds is 4. The summed E-state index contributed by atoms with van der Waals surface area (Å²) in [6.07, 6.45) is 2.21. The van der Waals surface area contributed by atoms with E-state index < -0.39 is 0 Å². The van der Waals surface area contributed by atoms with Crippen LogP contribution in [-0.4, -0.2) is 55.2 Å². The molecule has 1 aromatic rings. The lowest BCUT2D eigenvalue weighted by molar-refractivity contribution is 0.0519. The van der Waals surface area contributed by atoms with Crippen LogP contribution in [0.1, 0.15) is 42.1 Å². The zero-order chi connectivity index (χ0) is 15.4. The predicted octanol–water partition coefficient (Wildman–Crippen LogP) is 2.55. The molecule has 0 amide bonds. The molecular formula is C15H25N3O2S. The highest BCUT2D eigenvalue weighted by atomic mass is 32.1. The third-order valence-electron chi connectivity index (χ3n) is 3.87. The first-order chi connectivity index (χ1) is 10.1. The first-order valence-corrected chi connectivity index (χ1v) is 8.48. The van der Waals surface area contributed by atoms with Crippen molar-refractivity contribution in [3.8, 4) is 0 Å². The van der Waals surface area contributed by atoms with Crippen molar-refractivity contribution < 1.29 is 9.53 Å². The molecule has 0 radical (unpaired) electrons. The molecule has 2 heterocycles. The van der Waals surface area contributed by atoms with Gasteiger partial charge in [-0.1, -0.05) is 6.92 Å². The summed E-state index contributed by atoms with van der Waals surface area (Å²) in [6.45, 7) is 9.52. The summed E-state index contributed by atoms with van der Waals surface area (Å²) < 4.78 is 5.08. The molecule has 21 heavy (non-hydrogen) atoms. The molecule has 5 nitrogen and oxygen atoms in total. The highest BCUT2D eigenvalue weighted by Gasteiger charge is 2.26. The van der Waals surface area contributed by atoms with Crippen LogP contribution in [0.15, 0.2) is 0 Å². The molecule has 0 aromatic carbocycles. The second kappa shape index (κ2) is 7.22. The van der Waals surface area contributed by atoms with E-state index >= 15 is 0 Å². The van der Waals surface area contributed by atoms with E-state index in [0.717, 1.165) is 42.5 Å². The summed E-state index contributed by atoms with van der Waals surface area (Å²) in [6, 6.07) is 0.457. The van der Waals surface area contributed by atoms with Crippen LogP contribution in [0, 0.1) is 6.92 Å². The molecule has 0 N–H and O–H groups in total. The van der Waals surface area contributed by atoms with Crippen molar-refractivity contribution in [1.29, 1.82) is 0 Å². The Labute approximate surface area is 130 Å². The van der Waals surface area contributed by atoms with Gasteiger partial charge in [-0.25, -0.2) is 9.78 Å². The van der Waals surface area contributed by atoms with Crippen molar-refractivity contribution in [3.05, 3.63) is 10.6 Å². The second-order valence-corrected chi connectivity index (χ2v) is 6.67. The molecule has 1 saturated heterocycles. The van der Waals surface area contributed by atoms with Gasteiger partial charge in [0, 0.05) is 24.0 Å². The SMILES string of the molecule is CCOC(=O)c1nc(N2CCCN(C)CC2CC)sc1C. The molecule has 1 atom stereocenters. The monoisotopic (exact) mass is 311 g/mol.